The van der Waals surface area contributed by atoms with E-state index in [1.807, 2.05) is 12.5 Å². The van der Waals surface area contributed by atoms with Gasteiger partial charge in [0.05, 0.1) is 6.20 Å². The Bertz CT molecular complexity index is 176. The van der Waals surface area contributed by atoms with E-state index in [0.29, 0.717) is 0 Å². The monoisotopic (exact) mass is 163 g/mol. The Morgan fingerprint density at radius 1 is 1.67 bits per heavy atom. The van der Waals surface area contributed by atoms with Crippen molar-refractivity contribution in [2.24, 2.45) is 0 Å². The molecule has 0 aliphatic rings. The Kier molecular flexibility index (Phi) is 1.72. The first kappa shape index (κ1) is 6.95. The summed E-state index contributed by atoms with van der Waals surface area (Å²) >= 11 is 4.37. The molecule has 0 aliphatic carbocycles. The molecule has 1 rings (SSSR count). The van der Waals surface area contributed by atoms with Gasteiger partial charge in [-0.2, -0.15) is 9.06 Å². The van der Waals surface area contributed by atoms with E-state index in [2.05, 4.69) is 27.1 Å². The van der Waals surface area contributed by atoms with E-state index < -0.39 is 9.06 Å². The van der Waals surface area contributed by atoms with Crippen LogP contribution >= 0.6 is 20.7 Å². The van der Waals surface area contributed by atoms with Gasteiger partial charge in [-0.05, 0) is 12.5 Å². The molecule has 0 amide bonds. The van der Waals surface area contributed by atoms with Crippen molar-refractivity contribution in [3.63, 3.8) is 0 Å². The summed E-state index contributed by atoms with van der Waals surface area (Å²) in [5.74, 6) is 0. The summed E-state index contributed by atoms with van der Waals surface area (Å²) < 4.78 is 0. The van der Waals surface area contributed by atoms with Gasteiger partial charge < -0.3 is 0 Å². The van der Waals surface area contributed by atoms with Crippen LogP contribution in [0.25, 0.3) is 0 Å². The molecule has 1 aromatic rings. The molecule has 0 atom stereocenters. The molecule has 0 spiro atoms. The average molecular weight is 163 g/mol. The van der Waals surface area contributed by atoms with E-state index in [1.165, 1.54) is 0 Å². The molecule has 1 heterocycles. The first-order chi connectivity index (χ1) is 4.11. The Balaban J connectivity index is 2.90. The number of nitrogens with one attached hydrogen (secondary N) is 1. The highest BCUT2D eigenvalue weighted by molar-refractivity contribution is 8.87. The highest BCUT2D eigenvalue weighted by Gasteiger charge is 2.10. The number of thiol groups is 1. The number of aromatic amines is 1. The highest BCUT2D eigenvalue weighted by atomic mass is 33.1. The summed E-state index contributed by atoms with van der Waals surface area (Å²) in [7, 11) is -0.970. The zero-order valence-electron chi connectivity index (χ0n) is 5.33. The maximum absolute atomic E-state index is 4.37. The zero-order chi connectivity index (χ0) is 6.91. The standard InChI is InChI=1S/C4H9N3S2/c1-9(2,8)4-3-5-7-6-4/h3,8H,1-2H3,(H,5,6,7). The van der Waals surface area contributed by atoms with Gasteiger partial charge in [-0.25, -0.2) is 0 Å². The molecule has 0 aliphatic heterocycles. The molecule has 0 saturated heterocycles. The van der Waals surface area contributed by atoms with Gasteiger partial charge in [-0.1, -0.05) is 5.21 Å². The molecule has 0 radical (unpaired) electrons. The van der Waals surface area contributed by atoms with Crippen molar-refractivity contribution in [1.29, 1.82) is 0 Å². The van der Waals surface area contributed by atoms with E-state index in [0.717, 1.165) is 5.03 Å². The van der Waals surface area contributed by atoms with Crippen molar-refractivity contribution in [2.75, 3.05) is 12.5 Å². The lowest BCUT2D eigenvalue weighted by molar-refractivity contribution is 0.910. The highest BCUT2D eigenvalue weighted by Crippen LogP contribution is 2.51. The molecule has 3 nitrogen and oxygen atoms in total. The van der Waals surface area contributed by atoms with Crippen LogP contribution in [0.1, 0.15) is 0 Å². The van der Waals surface area contributed by atoms with Gasteiger partial charge in [0.1, 0.15) is 5.03 Å². The smallest absolute Gasteiger partial charge is 0.129 e. The second kappa shape index (κ2) is 2.22. The summed E-state index contributed by atoms with van der Waals surface area (Å²) in [5.41, 5.74) is 0. The Labute approximate surface area is 60.4 Å². The second-order valence-corrected chi connectivity index (χ2v) is 7.79. The van der Waals surface area contributed by atoms with Crippen molar-refractivity contribution in [3.8, 4) is 0 Å². The van der Waals surface area contributed by atoms with Gasteiger partial charge in [-0.3, -0.25) is 5.10 Å². The SMILES string of the molecule is CS(C)(S)c1c[nH]nn1. The third-order valence-corrected chi connectivity index (χ3v) is 2.69. The van der Waals surface area contributed by atoms with E-state index in [9.17, 15) is 0 Å². The van der Waals surface area contributed by atoms with Crippen molar-refractivity contribution in [2.45, 2.75) is 5.03 Å². The number of H-pyrrole nitrogens is 1. The number of nitrogens with zero attached hydrogens (tertiary/aromatic N) is 2. The fourth-order valence-electron chi connectivity index (χ4n) is 0.435. The number of aromatic nitrogens is 3. The van der Waals surface area contributed by atoms with Crippen molar-refractivity contribution < 1.29 is 0 Å². The van der Waals surface area contributed by atoms with Crippen LogP contribution in [0.2, 0.25) is 0 Å². The van der Waals surface area contributed by atoms with E-state index >= 15 is 0 Å². The molecule has 52 valence electrons. The van der Waals surface area contributed by atoms with Gasteiger partial charge in [0.15, 0.2) is 0 Å². The first-order valence-electron chi connectivity index (χ1n) is 2.43. The predicted molar refractivity (Wildman–Crippen MR) is 43.1 cm³/mol. The summed E-state index contributed by atoms with van der Waals surface area (Å²) in [6.07, 6.45) is 5.88. The lowest BCUT2D eigenvalue weighted by Gasteiger charge is -2.18. The van der Waals surface area contributed by atoms with E-state index in [-0.39, 0.29) is 0 Å². The maximum atomic E-state index is 4.37. The summed E-state index contributed by atoms with van der Waals surface area (Å²) in [4.78, 5) is 0. The molecule has 0 bridgehead atoms. The Hall–Kier alpha value is -0.160. The topological polar surface area (TPSA) is 41.6 Å². The van der Waals surface area contributed by atoms with Gasteiger partial charge in [0.25, 0.3) is 0 Å². The maximum Gasteiger partial charge on any atom is 0.129 e. The van der Waals surface area contributed by atoms with Crippen molar-refractivity contribution in [1.82, 2.24) is 15.4 Å². The largest absolute Gasteiger partial charge is 0.264 e. The van der Waals surface area contributed by atoms with Gasteiger partial charge in [-0.15, -0.1) is 16.8 Å². The molecule has 0 unspecified atom stereocenters. The molecular weight excluding hydrogens is 154 g/mol. The minimum Gasteiger partial charge on any atom is -0.264 e. The second-order valence-electron chi connectivity index (χ2n) is 2.08. The van der Waals surface area contributed by atoms with Crippen LogP contribution in [0.15, 0.2) is 11.2 Å². The summed E-state index contributed by atoms with van der Waals surface area (Å²) in [6.45, 7) is 0. The number of hydrogen-bond acceptors (Lipinski definition) is 3. The molecule has 1 N–H and O–H groups in total. The average Bonchev–Trinajstić information content (AvgIpc) is 2.08. The Morgan fingerprint density at radius 3 is 2.56 bits per heavy atom. The summed E-state index contributed by atoms with van der Waals surface area (Å²) in [6, 6.07) is 0. The van der Waals surface area contributed by atoms with E-state index in [4.69, 9.17) is 0 Å². The van der Waals surface area contributed by atoms with Crippen LogP contribution in [-0.4, -0.2) is 27.9 Å². The third kappa shape index (κ3) is 1.62. The molecule has 0 saturated carbocycles. The van der Waals surface area contributed by atoms with Crippen LogP contribution in [0, 0.1) is 0 Å². The third-order valence-electron chi connectivity index (χ3n) is 0.906. The van der Waals surface area contributed by atoms with Gasteiger partial charge in [0.2, 0.25) is 0 Å². The van der Waals surface area contributed by atoms with Crippen LogP contribution in [-0.2, 0) is 0 Å². The van der Waals surface area contributed by atoms with Crippen molar-refractivity contribution in [3.05, 3.63) is 6.20 Å². The van der Waals surface area contributed by atoms with Crippen molar-refractivity contribution >= 4 is 20.7 Å². The van der Waals surface area contributed by atoms with Gasteiger partial charge >= 0.3 is 0 Å². The van der Waals surface area contributed by atoms with Crippen LogP contribution < -0.4 is 0 Å². The minimum absolute atomic E-state index is 0.950. The van der Waals surface area contributed by atoms with Gasteiger partial charge in [0, 0.05) is 0 Å². The fraction of sp³-hybridized carbons (Fsp3) is 0.500. The predicted octanol–water partition coefficient (Wildman–Crippen LogP) is 1.07. The molecule has 1 aromatic heterocycles. The van der Waals surface area contributed by atoms with Crippen LogP contribution in [0.5, 0.6) is 0 Å². The minimum atomic E-state index is -0.970. The van der Waals surface area contributed by atoms with E-state index in [1.54, 1.807) is 6.20 Å². The Morgan fingerprint density at radius 2 is 2.33 bits per heavy atom. The lowest BCUT2D eigenvalue weighted by Crippen LogP contribution is -1.86. The zero-order valence-corrected chi connectivity index (χ0v) is 7.04. The van der Waals surface area contributed by atoms with Crippen LogP contribution in [0.4, 0.5) is 0 Å². The molecule has 9 heavy (non-hydrogen) atoms. The molecular formula is C4H9N3S2. The molecule has 5 heteroatoms. The number of rotatable bonds is 1. The first-order valence-corrected chi connectivity index (χ1v) is 5.93. The molecule has 0 aromatic carbocycles. The summed E-state index contributed by atoms with van der Waals surface area (Å²) in [5, 5.41) is 11.0. The quantitative estimate of drug-likeness (QED) is 0.480. The lowest BCUT2D eigenvalue weighted by atomic mass is 11.0. The van der Waals surface area contributed by atoms with Crippen LogP contribution in [0.3, 0.4) is 0 Å². The number of hydrogen-bond donors (Lipinski definition) is 2. The molecule has 0 fully saturated rings. The fourth-order valence-corrected chi connectivity index (χ4v) is 1.28. The normalized spacial score (nSPS) is 13.7.